The Kier molecular flexibility index (Phi) is 5.94. The van der Waals surface area contributed by atoms with E-state index in [9.17, 15) is 8.42 Å². The van der Waals surface area contributed by atoms with Gasteiger partial charge in [0.15, 0.2) is 0 Å². The molecule has 1 aromatic rings. The van der Waals surface area contributed by atoms with E-state index >= 15 is 0 Å². The van der Waals surface area contributed by atoms with E-state index < -0.39 is 10.1 Å². The zero-order chi connectivity index (χ0) is 16.2. The lowest BCUT2D eigenvalue weighted by molar-refractivity contribution is -0.0556. The number of rotatable bonds is 3. The van der Waals surface area contributed by atoms with Gasteiger partial charge >= 0.3 is 10.1 Å². The molecule has 1 fully saturated rings. The molecular formula is C15H25N3O3S. The van der Waals surface area contributed by atoms with Crippen molar-refractivity contribution in [1.29, 1.82) is 0 Å². The number of hydroxylamine groups is 2. The first-order chi connectivity index (χ1) is 10.4. The topological polar surface area (TPSA) is 53.1 Å². The van der Waals surface area contributed by atoms with Crippen molar-refractivity contribution in [2.45, 2.75) is 11.8 Å². The van der Waals surface area contributed by atoms with Gasteiger partial charge in [-0.25, -0.2) is 0 Å². The SMILES string of the molecule is Cc1ccc(S(=O)(=O)ON2CCN(C)CCN(C)CC2)cc1. The molecule has 1 aliphatic rings. The molecule has 1 heterocycles. The molecule has 0 spiro atoms. The Morgan fingerprint density at radius 2 is 1.32 bits per heavy atom. The van der Waals surface area contributed by atoms with E-state index in [1.807, 2.05) is 21.0 Å². The second-order valence-corrected chi connectivity index (χ2v) is 7.41. The van der Waals surface area contributed by atoms with E-state index in [-0.39, 0.29) is 4.90 Å². The summed E-state index contributed by atoms with van der Waals surface area (Å²) in [5.41, 5.74) is 1.02. The average Bonchev–Trinajstić information content (AvgIpc) is 2.54. The molecule has 124 valence electrons. The van der Waals surface area contributed by atoms with Crippen molar-refractivity contribution in [2.24, 2.45) is 0 Å². The molecule has 0 aromatic heterocycles. The monoisotopic (exact) mass is 327 g/mol. The van der Waals surface area contributed by atoms with Gasteiger partial charge in [-0.3, -0.25) is 0 Å². The number of aryl methyl sites for hydroxylation is 1. The highest BCUT2D eigenvalue weighted by Gasteiger charge is 2.22. The normalized spacial score (nSPS) is 20.3. The highest BCUT2D eigenvalue weighted by Crippen LogP contribution is 2.15. The fourth-order valence-corrected chi connectivity index (χ4v) is 3.18. The molecule has 0 atom stereocenters. The van der Waals surface area contributed by atoms with Gasteiger partial charge in [-0.1, -0.05) is 17.7 Å². The summed E-state index contributed by atoms with van der Waals surface area (Å²) >= 11 is 0. The molecule has 2 rings (SSSR count). The van der Waals surface area contributed by atoms with Gasteiger partial charge in [-0.05, 0) is 33.2 Å². The fourth-order valence-electron chi connectivity index (χ4n) is 2.20. The van der Waals surface area contributed by atoms with Gasteiger partial charge in [0.05, 0.1) is 4.90 Å². The molecule has 1 aromatic carbocycles. The Labute approximate surface area is 133 Å². The summed E-state index contributed by atoms with van der Waals surface area (Å²) in [6.07, 6.45) is 0. The third kappa shape index (κ3) is 5.03. The lowest BCUT2D eigenvalue weighted by Crippen LogP contribution is -2.36. The van der Waals surface area contributed by atoms with Gasteiger partial charge in [-0.15, -0.1) is 0 Å². The highest BCUT2D eigenvalue weighted by molar-refractivity contribution is 7.86. The molecule has 0 bridgehead atoms. The molecule has 1 aliphatic heterocycles. The van der Waals surface area contributed by atoms with Crippen molar-refractivity contribution in [1.82, 2.24) is 14.9 Å². The second kappa shape index (κ2) is 7.52. The zero-order valence-corrected chi connectivity index (χ0v) is 14.3. The number of hydrogen-bond donors (Lipinski definition) is 0. The van der Waals surface area contributed by atoms with E-state index in [1.54, 1.807) is 29.3 Å². The van der Waals surface area contributed by atoms with Gasteiger partial charge < -0.3 is 9.80 Å². The predicted octanol–water partition coefficient (Wildman–Crippen LogP) is 0.795. The third-order valence-electron chi connectivity index (χ3n) is 3.84. The minimum atomic E-state index is -3.76. The van der Waals surface area contributed by atoms with Gasteiger partial charge in [-0.2, -0.15) is 17.8 Å². The molecule has 22 heavy (non-hydrogen) atoms. The van der Waals surface area contributed by atoms with Gasteiger partial charge in [0.25, 0.3) is 0 Å². The molecule has 0 unspecified atom stereocenters. The molecule has 1 saturated heterocycles. The summed E-state index contributed by atoms with van der Waals surface area (Å²) in [6, 6.07) is 6.71. The van der Waals surface area contributed by atoms with Crippen molar-refractivity contribution in [2.75, 3.05) is 53.4 Å². The van der Waals surface area contributed by atoms with Gasteiger partial charge in [0.2, 0.25) is 0 Å². The van der Waals surface area contributed by atoms with Gasteiger partial charge in [0, 0.05) is 39.3 Å². The van der Waals surface area contributed by atoms with Crippen LogP contribution in [0, 0.1) is 6.92 Å². The Balaban J connectivity index is 2.07. The first-order valence-corrected chi connectivity index (χ1v) is 8.91. The van der Waals surface area contributed by atoms with Crippen molar-refractivity contribution >= 4 is 10.1 Å². The molecule has 0 saturated carbocycles. The van der Waals surface area contributed by atoms with E-state index in [1.165, 1.54) is 0 Å². The Hall–Kier alpha value is -0.990. The summed E-state index contributed by atoms with van der Waals surface area (Å²) in [4.78, 5) is 4.55. The molecule has 6 nitrogen and oxygen atoms in total. The van der Waals surface area contributed by atoms with Crippen LogP contribution in [0.5, 0.6) is 0 Å². The van der Waals surface area contributed by atoms with Crippen LogP contribution in [0.3, 0.4) is 0 Å². The molecule has 0 amide bonds. The number of likely N-dealkylation sites (N-methyl/N-ethyl adjacent to an activating group) is 2. The number of nitrogens with zero attached hydrogens (tertiary/aromatic N) is 3. The fraction of sp³-hybridized carbons (Fsp3) is 0.600. The third-order valence-corrected chi connectivity index (χ3v) is 5.10. The lowest BCUT2D eigenvalue weighted by atomic mass is 10.2. The Morgan fingerprint density at radius 3 is 1.82 bits per heavy atom. The smallest absolute Gasteiger partial charge is 0.304 e. The molecule has 0 N–H and O–H groups in total. The van der Waals surface area contributed by atoms with Crippen molar-refractivity contribution in [3.8, 4) is 0 Å². The van der Waals surface area contributed by atoms with Crippen LogP contribution in [0.1, 0.15) is 5.56 Å². The molecule has 0 radical (unpaired) electrons. The van der Waals surface area contributed by atoms with Crippen LogP contribution in [-0.2, 0) is 14.4 Å². The lowest BCUT2D eigenvalue weighted by Gasteiger charge is -2.22. The first-order valence-electron chi connectivity index (χ1n) is 7.50. The molecular weight excluding hydrogens is 302 g/mol. The van der Waals surface area contributed by atoms with E-state index in [0.717, 1.165) is 31.7 Å². The summed E-state index contributed by atoms with van der Waals surface area (Å²) in [6.45, 7) is 6.54. The van der Waals surface area contributed by atoms with Crippen molar-refractivity contribution in [3.05, 3.63) is 29.8 Å². The predicted molar refractivity (Wildman–Crippen MR) is 86.0 cm³/mol. The molecule has 7 heteroatoms. The Bertz CT molecular complexity index is 560. The van der Waals surface area contributed by atoms with Gasteiger partial charge in [0.1, 0.15) is 0 Å². The van der Waals surface area contributed by atoms with Crippen LogP contribution in [0.4, 0.5) is 0 Å². The highest BCUT2D eigenvalue weighted by atomic mass is 32.2. The van der Waals surface area contributed by atoms with Crippen LogP contribution in [0.2, 0.25) is 0 Å². The maximum absolute atomic E-state index is 12.4. The van der Waals surface area contributed by atoms with Crippen LogP contribution in [0.25, 0.3) is 0 Å². The maximum Gasteiger partial charge on any atom is 0.313 e. The number of hydrogen-bond acceptors (Lipinski definition) is 6. The zero-order valence-electron chi connectivity index (χ0n) is 13.5. The summed E-state index contributed by atoms with van der Waals surface area (Å²) in [5, 5.41) is 1.55. The summed E-state index contributed by atoms with van der Waals surface area (Å²) in [5.74, 6) is 0. The van der Waals surface area contributed by atoms with Crippen LogP contribution in [-0.4, -0.2) is 76.6 Å². The van der Waals surface area contributed by atoms with Crippen LogP contribution < -0.4 is 0 Å². The van der Waals surface area contributed by atoms with E-state index in [2.05, 4.69) is 9.80 Å². The standard InChI is InChI=1S/C15H25N3O3S/c1-14-4-6-15(7-5-14)22(19,20)21-18-12-10-16(2)8-9-17(3)11-13-18/h4-7H,8-13H2,1-3H3. The van der Waals surface area contributed by atoms with E-state index in [4.69, 9.17) is 4.28 Å². The largest absolute Gasteiger partial charge is 0.313 e. The summed E-state index contributed by atoms with van der Waals surface area (Å²) < 4.78 is 30.1. The minimum Gasteiger partial charge on any atom is -0.304 e. The molecule has 0 aliphatic carbocycles. The minimum absolute atomic E-state index is 0.194. The van der Waals surface area contributed by atoms with E-state index in [0.29, 0.717) is 13.1 Å². The summed E-state index contributed by atoms with van der Waals surface area (Å²) in [7, 11) is 0.304. The van der Waals surface area contributed by atoms with Crippen LogP contribution in [0.15, 0.2) is 29.2 Å². The average molecular weight is 327 g/mol. The van der Waals surface area contributed by atoms with Crippen molar-refractivity contribution in [3.63, 3.8) is 0 Å². The van der Waals surface area contributed by atoms with Crippen molar-refractivity contribution < 1.29 is 12.7 Å². The number of benzene rings is 1. The quantitative estimate of drug-likeness (QED) is 0.818. The second-order valence-electron chi connectivity index (χ2n) is 5.88. The Morgan fingerprint density at radius 1 is 0.864 bits per heavy atom. The maximum atomic E-state index is 12.4. The van der Waals surface area contributed by atoms with Crippen LogP contribution >= 0.6 is 0 Å². The first kappa shape index (κ1) is 17.4.